The summed E-state index contributed by atoms with van der Waals surface area (Å²) in [6.45, 7) is 0. The van der Waals surface area contributed by atoms with Gasteiger partial charge in [-0.1, -0.05) is 11.6 Å². The Morgan fingerprint density at radius 3 is 2.62 bits per heavy atom. The summed E-state index contributed by atoms with van der Waals surface area (Å²) in [6, 6.07) is 4.95. The summed E-state index contributed by atoms with van der Waals surface area (Å²) < 4.78 is 13.1. The van der Waals surface area contributed by atoms with Gasteiger partial charge >= 0.3 is 5.97 Å². The van der Waals surface area contributed by atoms with Crippen LogP contribution in [0.5, 0.6) is 11.5 Å². The van der Waals surface area contributed by atoms with Crippen LogP contribution in [0.2, 0.25) is 5.02 Å². The van der Waals surface area contributed by atoms with Crippen molar-refractivity contribution in [3.05, 3.63) is 28.9 Å². The average Bonchev–Trinajstić information content (AvgIpc) is 3.18. The molecule has 1 N–H and O–H groups in total. The number of methoxy groups -OCH3 is 1. The summed E-state index contributed by atoms with van der Waals surface area (Å²) in [7, 11) is 3.25. The third-order valence-corrected chi connectivity index (χ3v) is 4.42. The van der Waals surface area contributed by atoms with Crippen LogP contribution in [-0.2, 0) is 7.05 Å². The Morgan fingerprint density at radius 1 is 1.33 bits per heavy atom. The third kappa shape index (κ3) is 3.19. The molecule has 7 heteroatoms. The molecular formula is C17H19ClN2O4. The Balaban J connectivity index is 2.11. The van der Waals surface area contributed by atoms with Crippen molar-refractivity contribution in [1.82, 2.24) is 9.78 Å². The summed E-state index contributed by atoms with van der Waals surface area (Å²) in [6.07, 6.45) is 4.41. The number of rotatable bonds is 5. The van der Waals surface area contributed by atoms with E-state index in [9.17, 15) is 4.79 Å². The van der Waals surface area contributed by atoms with Crippen molar-refractivity contribution in [2.24, 2.45) is 7.05 Å². The molecule has 128 valence electrons. The maximum absolute atomic E-state index is 11.2. The second-order valence-electron chi connectivity index (χ2n) is 5.85. The minimum atomic E-state index is -1.08. The summed E-state index contributed by atoms with van der Waals surface area (Å²) >= 11 is 6.21. The number of carboxylic acids is 1. The predicted molar refractivity (Wildman–Crippen MR) is 90.0 cm³/mol. The maximum atomic E-state index is 11.2. The quantitative estimate of drug-likeness (QED) is 0.888. The Labute approximate surface area is 144 Å². The monoisotopic (exact) mass is 350 g/mol. The Bertz CT molecular complexity index is 766. The van der Waals surface area contributed by atoms with Crippen LogP contribution in [0.25, 0.3) is 11.3 Å². The molecule has 0 aliphatic heterocycles. The molecule has 1 heterocycles. The zero-order valence-corrected chi connectivity index (χ0v) is 14.3. The standard InChI is InChI=1S/C17H19ClN2O4/c1-20-14(9-13(19-20)17(21)22)12-7-10(18)8-15(23-2)16(12)24-11-5-3-4-6-11/h7-9,11H,3-6H2,1-2H3,(H,21,22). The molecule has 1 aromatic carbocycles. The van der Waals surface area contributed by atoms with E-state index >= 15 is 0 Å². The SMILES string of the molecule is COc1cc(Cl)cc(-c2cc(C(=O)O)nn2C)c1OC1CCCC1. The van der Waals surface area contributed by atoms with Gasteiger partial charge in [-0.3, -0.25) is 4.68 Å². The second-order valence-corrected chi connectivity index (χ2v) is 6.29. The highest BCUT2D eigenvalue weighted by atomic mass is 35.5. The number of nitrogens with zero attached hydrogens (tertiary/aromatic N) is 2. The van der Waals surface area contributed by atoms with Crippen molar-refractivity contribution in [2.75, 3.05) is 7.11 Å². The molecule has 6 nitrogen and oxygen atoms in total. The lowest BCUT2D eigenvalue weighted by Crippen LogP contribution is -2.12. The van der Waals surface area contributed by atoms with Crippen LogP contribution in [0.15, 0.2) is 18.2 Å². The van der Waals surface area contributed by atoms with Gasteiger partial charge in [0.15, 0.2) is 17.2 Å². The highest BCUT2D eigenvalue weighted by Gasteiger charge is 2.24. The minimum Gasteiger partial charge on any atom is -0.493 e. The lowest BCUT2D eigenvalue weighted by Gasteiger charge is -2.19. The fourth-order valence-electron chi connectivity index (χ4n) is 3.03. The summed E-state index contributed by atoms with van der Waals surface area (Å²) in [5.74, 6) is 0.0281. The van der Waals surface area contributed by atoms with E-state index in [0.29, 0.717) is 27.8 Å². The molecule has 2 aromatic rings. The third-order valence-electron chi connectivity index (χ3n) is 4.20. The van der Waals surface area contributed by atoms with Crippen molar-refractivity contribution in [3.63, 3.8) is 0 Å². The molecule has 0 saturated heterocycles. The molecule has 1 fully saturated rings. The normalized spacial score (nSPS) is 14.8. The van der Waals surface area contributed by atoms with E-state index in [2.05, 4.69) is 5.10 Å². The van der Waals surface area contributed by atoms with E-state index in [-0.39, 0.29) is 11.8 Å². The summed E-state index contributed by atoms with van der Waals surface area (Å²) in [5, 5.41) is 13.7. The molecule has 0 amide bonds. The molecule has 1 saturated carbocycles. The fraction of sp³-hybridized carbons (Fsp3) is 0.412. The first-order valence-corrected chi connectivity index (χ1v) is 8.19. The first-order chi connectivity index (χ1) is 11.5. The molecule has 0 bridgehead atoms. The van der Waals surface area contributed by atoms with Gasteiger partial charge in [0.25, 0.3) is 0 Å². The van der Waals surface area contributed by atoms with E-state index in [1.807, 2.05) is 0 Å². The first kappa shape index (κ1) is 16.6. The zero-order valence-electron chi connectivity index (χ0n) is 13.6. The van der Waals surface area contributed by atoms with Crippen molar-refractivity contribution >= 4 is 17.6 Å². The average molecular weight is 351 g/mol. The van der Waals surface area contributed by atoms with E-state index < -0.39 is 5.97 Å². The van der Waals surface area contributed by atoms with Gasteiger partial charge in [0.05, 0.1) is 18.9 Å². The predicted octanol–water partition coefficient (Wildman–Crippen LogP) is 3.77. The van der Waals surface area contributed by atoms with Crippen molar-refractivity contribution in [1.29, 1.82) is 0 Å². The van der Waals surface area contributed by atoms with Crippen molar-refractivity contribution in [3.8, 4) is 22.8 Å². The summed E-state index contributed by atoms with van der Waals surface area (Å²) in [5.41, 5.74) is 1.26. The van der Waals surface area contributed by atoms with Gasteiger partial charge in [-0.15, -0.1) is 0 Å². The molecule has 0 spiro atoms. The molecule has 24 heavy (non-hydrogen) atoms. The largest absolute Gasteiger partial charge is 0.493 e. The number of halogens is 1. The van der Waals surface area contributed by atoms with E-state index in [1.54, 1.807) is 26.3 Å². The van der Waals surface area contributed by atoms with Crippen LogP contribution in [0, 0.1) is 0 Å². The Kier molecular flexibility index (Phi) is 4.66. The number of benzene rings is 1. The number of carbonyl (C=O) groups is 1. The minimum absolute atomic E-state index is 0.0294. The number of aromatic nitrogens is 2. The van der Waals surface area contributed by atoms with Crippen LogP contribution >= 0.6 is 11.6 Å². The Morgan fingerprint density at radius 2 is 2.04 bits per heavy atom. The van der Waals surface area contributed by atoms with E-state index in [0.717, 1.165) is 25.7 Å². The van der Waals surface area contributed by atoms with Gasteiger partial charge in [-0.05, 0) is 37.8 Å². The number of aryl methyl sites for hydroxylation is 1. The van der Waals surface area contributed by atoms with Gasteiger partial charge in [-0.25, -0.2) is 4.79 Å². The number of ether oxygens (including phenoxy) is 2. The van der Waals surface area contributed by atoms with E-state index in [1.165, 1.54) is 10.7 Å². The molecule has 1 aliphatic carbocycles. The van der Waals surface area contributed by atoms with Crippen molar-refractivity contribution < 1.29 is 19.4 Å². The summed E-state index contributed by atoms with van der Waals surface area (Å²) in [4.78, 5) is 11.2. The molecule has 3 rings (SSSR count). The number of hydrogen-bond donors (Lipinski definition) is 1. The Hall–Kier alpha value is -2.21. The van der Waals surface area contributed by atoms with Crippen LogP contribution in [0.3, 0.4) is 0 Å². The van der Waals surface area contributed by atoms with Crippen LogP contribution in [0.4, 0.5) is 0 Å². The van der Waals surface area contributed by atoms with Gasteiger partial charge < -0.3 is 14.6 Å². The molecular weight excluding hydrogens is 332 g/mol. The zero-order chi connectivity index (χ0) is 17.3. The van der Waals surface area contributed by atoms with E-state index in [4.69, 9.17) is 26.2 Å². The highest BCUT2D eigenvalue weighted by molar-refractivity contribution is 6.31. The molecule has 0 radical (unpaired) electrons. The lowest BCUT2D eigenvalue weighted by molar-refractivity contribution is 0.0689. The second kappa shape index (κ2) is 6.73. The van der Waals surface area contributed by atoms with Gasteiger partial charge in [-0.2, -0.15) is 5.10 Å². The van der Waals surface area contributed by atoms with Crippen LogP contribution < -0.4 is 9.47 Å². The number of hydrogen-bond acceptors (Lipinski definition) is 4. The van der Waals surface area contributed by atoms with Gasteiger partial charge in [0.1, 0.15) is 0 Å². The molecule has 1 aromatic heterocycles. The first-order valence-electron chi connectivity index (χ1n) is 7.81. The smallest absolute Gasteiger partial charge is 0.356 e. The molecule has 1 aliphatic rings. The number of aromatic carboxylic acids is 1. The van der Waals surface area contributed by atoms with Crippen LogP contribution in [0.1, 0.15) is 36.2 Å². The molecule has 0 unspecified atom stereocenters. The maximum Gasteiger partial charge on any atom is 0.356 e. The number of carboxylic acid groups (broad SMARTS) is 1. The lowest BCUT2D eigenvalue weighted by atomic mass is 10.1. The fourth-order valence-corrected chi connectivity index (χ4v) is 3.24. The highest BCUT2D eigenvalue weighted by Crippen LogP contribution is 2.42. The molecule has 0 atom stereocenters. The van der Waals surface area contributed by atoms with Crippen molar-refractivity contribution in [2.45, 2.75) is 31.8 Å². The van der Waals surface area contributed by atoms with Gasteiger partial charge in [0, 0.05) is 23.7 Å². The topological polar surface area (TPSA) is 73.6 Å². The van der Waals surface area contributed by atoms with Crippen LogP contribution in [-0.4, -0.2) is 34.1 Å². The van der Waals surface area contributed by atoms with Gasteiger partial charge in [0.2, 0.25) is 0 Å².